The van der Waals surface area contributed by atoms with Crippen molar-refractivity contribution in [3.8, 4) is 0 Å². The first-order chi connectivity index (χ1) is 16.5. The number of unbranched alkanes of at least 4 members (excludes halogenated alkanes) is 1. The lowest BCUT2D eigenvalue weighted by molar-refractivity contribution is 0.0831. The highest BCUT2D eigenvalue weighted by atomic mass is 35.5. The zero-order valence-corrected chi connectivity index (χ0v) is 22.2. The highest BCUT2D eigenvalue weighted by Crippen LogP contribution is 2.34. The molecule has 0 aromatic heterocycles. The minimum Gasteiger partial charge on any atom is -0.370 e. The van der Waals surface area contributed by atoms with Crippen LogP contribution in [0, 0.1) is 5.92 Å². The number of halogens is 2. The highest BCUT2D eigenvalue weighted by Gasteiger charge is 2.31. The smallest absolute Gasteiger partial charge is 0.0603 e. The van der Waals surface area contributed by atoms with E-state index >= 15 is 0 Å². The maximum Gasteiger partial charge on any atom is 0.0603 e. The summed E-state index contributed by atoms with van der Waals surface area (Å²) < 4.78 is 0. The van der Waals surface area contributed by atoms with Gasteiger partial charge in [-0.3, -0.25) is 4.90 Å². The van der Waals surface area contributed by atoms with Crippen molar-refractivity contribution in [3.05, 3.63) is 81.5 Å². The fourth-order valence-corrected chi connectivity index (χ4v) is 5.81. The standard InChI is InChI=1S/C29H39Cl2N3/c1-3-4-5-28(20-23-14-16-32-17-15-23)34-19-18-33(21-22(34)2)29(24-6-10-26(30)11-7-24)25-8-12-27(31)13-9-25/h5-13,22-23,29,32H,3-4,14-21H2,1-2H3/b28-5+/t22-/m0/s1. The third-order valence-electron chi connectivity index (χ3n) is 7.39. The molecular formula is C29H39Cl2N3. The van der Waals surface area contributed by atoms with Crippen molar-refractivity contribution in [3.63, 3.8) is 0 Å². The van der Waals surface area contributed by atoms with E-state index in [9.17, 15) is 0 Å². The van der Waals surface area contributed by atoms with E-state index in [1.54, 1.807) is 5.70 Å². The van der Waals surface area contributed by atoms with Gasteiger partial charge < -0.3 is 10.2 Å². The molecule has 2 aliphatic heterocycles. The first-order valence-corrected chi connectivity index (χ1v) is 13.7. The van der Waals surface area contributed by atoms with Gasteiger partial charge in [-0.05, 0) is 87.0 Å². The Labute approximate surface area is 216 Å². The summed E-state index contributed by atoms with van der Waals surface area (Å²) in [5.41, 5.74) is 4.14. The molecule has 3 nitrogen and oxygen atoms in total. The lowest BCUT2D eigenvalue weighted by Crippen LogP contribution is -2.52. The molecule has 5 heteroatoms. The fourth-order valence-electron chi connectivity index (χ4n) is 5.56. The van der Waals surface area contributed by atoms with Gasteiger partial charge in [0.15, 0.2) is 0 Å². The number of benzene rings is 2. The predicted octanol–water partition coefficient (Wildman–Crippen LogP) is 7.16. The molecule has 0 radical (unpaired) electrons. The Morgan fingerprint density at radius 1 is 0.971 bits per heavy atom. The number of hydrogen-bond acceptors (Lipinski definition) is 3. The average Bonchev–Trinajstić information content (AvgIpc) is 2.85. The lowest BCUT2D eigenvalue weighted by atomic mass is 9.91. The predicted molar refractivity (Wildman–Crippen MR) is 146 cm³/mol. The van der Waals surface area contributed by atoms with Crippen molar-refractivity contribution in [1.29, 1.82) is 0 Å². The van der Waals surface area contributed by atoms with E-state index < -0.39 is 0 Å². The summed E-state index contributed by atoms with van der Waals surface area (Å²) in [5, 5.41) is 5.08. The van der Waals surface area contributed by atoms with Crippen molar-refractivity contribution < 1.29 is 0 Å². The SMILES string of the molecule is CCC/C=C(\CC1CCNCC1)N1CCN(C(c2ccc(Cl)cc2)c2ccc(Cl)cc2)C[C@@H]1C. The van der Waals surface area contributed by atoms with E-state index in [1.165, 1.54) is 56.3 Å². The Morgan fingerprint density at radius 2 is 1.56 bits per heavy atom. The van der Waals surface area contributed by atoms with Gasteiger partial charge in [0.25, 0.3) is 0 Å². The molecule has 34 heavy (non-hydrogen) atoms. The van der Waals surface area contributed by atoms with Gasteiger partial charge in [0.1, 0.15) is 0 Å². The molecule has 2 aliphatic rings. The normalized spacial score (nSPS) is 20.8. The van der Waals surface area contributed by atoms with E-state index in [0.29, 0.717) is 6.04 Å². The molecule has 2 aromatic rings. The van der Waals surface area contributed by atoms with E-state index in [4.69, 9.17) is 23.2 Å². The molecule has 184 valence electrons. The van der Waals surface area contributed by atoms with Crippen LogP contribution >= 0.6 is 23.2 Å². The first kappa shape index (κ1) is 25.6. The Morgan fingerprint density at radius 3 is 2.09 bits per heavy atom. The molecule has 2 heterocycles. The summed E-state index contributed by atoms with van der Waals surface area (Å²) in [6, 6.07) is 17.4. The van der Waals surface area contributed by atoms with Crippen LogP contribution in [0.15, 0.2) is 60.3 Å². The van der Waals surface area contributed by atoms with E-state index in [-0.39, 0.29) is 6.04 Å². The zero-order valence-electron chi connectivity index (χ0n) is 20.6. The largest absolute Gasteiger partial charge is 0.370 e. The Balaban J connectivity index is 1.53. The van der Waals surface area contributed by atoms with Gasteiger partial charge in [-0.1, -0.05) is 66.9 Å². The monoisotopic (exact) mass is 499 g/mol. The average molecular weight is 501 g/mol. The van der Waals surface area contributed by atoms with Crippen LogP contribution < -0.4 is 5.32 Å². The third kappa shape index (κ3) is 6.57. The summed E-state index contributed by atoms with van der Waals surface area (Å²) in [6.45, 7) is 10.1. The molecule has 0 spiro atoms. The van der Waals surface area contributed by atoms with Crippen LogP contribution in [-0.2, 0) is 0 Å². The Kier molecular flexibility index (Phi) is 9.36. The number of rotatable bonds is 8. The van der Waals surface area contributed by atoms with Crippen molar-refractivity contribution in [2.24, 2.45) is 5.92 Å². The minimum atomic E-state index is 0.201. The third-order valence-corrected chi connectivity index (χ3v) is 7.89. The van der Waals surface area contributed by atoms with Crippen LogP contribution in [0.5, 0.6) is 0 Å². The second-order valence-corrected chi connectivity index (χ2v) is 10.8. The number of piperazine rings is 1. The van der Waals surface area contributed by atoms with Crippen LogP contribution in [0.4, 0.5) is 0 Å². The second kappa shape index (κ2) is 12.4. The molecule has 0 bridgehead atoms. The maximum absolute atomic E-state index is 6.22. The van der Waals surface area contributed by atoms with Gasteiger partial charge in [0, 0.05) is 41.4 Å². The molecule has 2 saturated heterocycles. The van der Waals surface area contributed by atoms with Crippen molar-refractivity contribution >= 4 is 23.2 Å². The van der Waals surface area contributed by atoms with Crippen molar-refractivity contribution in [2.45, 2.75) is 58.0 Å². The lowest BCUT2D eigenvalue weighted by Gasteiger charge is -2.46. The summed E-state index contributed by atoms with van der Waals surface area (Å²) in [7, 11) is 0. The van der Waals surface area contributed by atoms with E-state index in [1.807, 2.05) is 24.3 Å². The highest BCUT2D eigenvalue weighted by molar-refractivity contribution is 6.30. The summed E-state index contributed by atoms with van der Waals surface area (Å²) in [4.78, 5) is 5.34. The zero-order chi connectivity index (χ0) is 23.9. The van der Waals surface area contributed by atoms with Crippen LogP contribution in [-0.4, -0.2) is 48.6 Å². The van der Waals surface area contributed by atoms with Crippen LogP contribution in [0.25, 0.3) is 0 Å². The van der Waals surface area contributed by atoms with Crippen LogP contribution in [0.1, 0.15) is 63.1 Å². The summed E-state index contributed by atoms with van der Waals surface area (Å²) in [5.74, 6) is 0.811. The topological polar surface area (TPSA) is 18.5 Å². The molecule has 4 rings (SSSR count). The quantitative estimate of drug-likeness (QED) is 0.415. The number of nitrogens with one attached hydrogen (secondary N) is 1. The second-order valence-electron chi connectivity index (χ2n) is 9.92. The fraction of sp³-hybridized carbons (Fsp3) is 0.517. The summed E-state index contributed by atoms with van der Waals surface area (Å²) in [6.07, 6.45) is 8.73. The van der Waals surface area contributed by atoms with Gasteiger partial charge in [-0.25, -0.2) is 0 Å². The molecule has 0 saturated carbocycles. The molecular weight excluding hydrogens is 461 g/mol. The molecule has 0 aliphatic carbocycles. The molecule has 2 aromatic carbocycles. The number of piperidine rings is 1. The molecule has 1 atom stereocenters. The van der Waals surface area contributed by atoms with Crippen molar-refractivity contribution in [1.82, 2.24) is 15.1 Å². The Hall–Kier alpha value is -1.52. The summed E-state index contributed by atoms with van der Waals surface area (Å²) >= 11 is 12.4. The number of hydrogen-bond donors (Lipinski definition) is 1. The van der Waals surface area contributed by atoms with Gasteiger partial charge in [-0.2, -0.15) is 0 Å². The molecule has 0 amide bonds. The number of nitrogens with zero attached hydrogens (tertiary/aromatic N) is 2. The maximum atomic E-state index is 6.22. The Bertz CT molecular complexity index is 874. The molecule has 1 N–H and O–H groups in total. The minimum absolute atomic E-state index is 0.201. The number of allylic oxidation sites excluding steroid dienone is 2. The van der Waals surface area contributed by atoms with Gasteiger partial charge >= 0.3 is 0 Å². The molecule has 2 fully saturated rings. The van der Waals surface area contributed by atoms with E-state index in [2.05, 4.69) is 59.3 Å². The molecule has 0 unspecified atom stereocenters. The van der Waals surface area contributed by atoms with Gasteiger partial charge in [-0.15, -0.1) is 0 Å². The van der Waals surface area contributed by atoms with Crippen molar-refractivity contribution in [2.75, 3.05) is 32.7 Å². The van der Waals surface area contributed by atoms with Crippen LogP contribution in [0.2, 0.25) is 10.0 Å². The van der Waals surface area contributed by atoms with E-state index in [0.717, 1.165) is 35.6 Å². The first-order valence-electron chi connectivity index (χ1n) is 13.0. The van der Waals surface area contributed by atoms with Gasteiger partial charge in [0.05, 0.1) is 6.04 Å². The van der Waals surface area contributed by atoms with Gasteiger partial charge in [0.2, 0.25) is 0 Å². The van der Waals surface area contributed by atoms with Crippen LogP contribution in [0.3, 0.4) is 0 Å².